The summed E-state index contributed by atoms with van der Waals surface area (Å²) < 4.78 is 27.9. The van der Waals surface area contributed by atoms with Crippen LogP contribution in [-0.2, 0) is 15.4 Å². The fourth-order valence-corrected chi connectivity index (χ4v) is 4.41. The molecule has 3 aromatic carbocycles. The number of hydrogen-bond acceptors (Lipinski definition) is 4. The molecule has 0 aliphatic carbocycles. The Morgan fingerprint density at radius 3 is 2.06 bits per heavy atom. The van der Waals surface area contributed by atoms with Crippen molar-refractivity contribution in [2.75, 3.05) is 16.3 Å². The predicted molar refractivity (Wildman–Crippen MR) is 129 cm³/mol. The van der Waals surface area contributed by atoms with Crippen LogP contribution in [0.15, 0.2) is 82.6 Å². The van der Waals surface area contributed by atoms with E-state index in [9.17, 15) is 13.2 Å². The van der Waals surface area contributed by atoms with E-state index in [0.29, 0.717) is 16.9 Å². The summed E-state index contributed by atoms with van der Waals surface area (Å²) in [5, 5.41) is 2.82. The van der Waals surface area contributed by atoms with Crippen molar-refractivity contribution in [2.45, 2.75) is 36.0 Å². The Labute approximate surface area is 188 Å². The van der Waals surface area contributed by atoms with Gasteiger partial charge in [0, 0.05) is 16.1 Å². The number of benzene rings is 3. The molecule has 0 aromatic heterocycles. The number of carbonyl (C=O) groups is 1. The van der Waals surface area contributed by atoms with E-state index in [1.165, 1.54) is 0 Å². The summed E-state index contributed by atoms with van der Waals surface area (Å²) in [6, 6.07) is 20.8. The van der Waals surface area contributed by atoms with Crippen LogP contribution in [0, 0.1) is 0 Å². The Kier molecular flexibility index (Phi) is 6.77. The summed E-state index contributed by atoms with van der Waals surface area (Å²) in [5.74, 6) is -0.256. The van der Waals surface area contributed by atoms with Gasteiger partial charge in [-0.05, 0) is 71.8 Å². The van der Waals surface area contributed by atoms with Gasteiger partial charge in [0.25, 0.3) is 15.9 Å². The smallest absolute Gasteiger partial charge is 0.261 e. The SMILES string of the molecule is CSc1ccc(S(=O)(=O)Nc2cccc(NC(=O)c3ccc(C(C)(C)C)cc3)c2)cc1. The Hall–Kier alpha value is -2.77. The summed E-state index contributed by atoms with van der Waals surface area (Å²) >= 11 is 1.54. The number of sulfonamides is 1. The molecule has 0 fully saturated rings. The van der Waals surface area contributed by atoms with Crippen molar-refractivity contribution >= 4 is 39.1 Å². The average molecular weight is 455 g/mol. The second kappa shape index (κ2) is 9.16. The number of rotatable bonds is 6. The molecule has 162 valence electrons. The first kappa shape index (κ1) is 22.9. The highest BCUT2D eigenvalue weighted by atomic mass is 32.2. The highest BCUT2D eigenvalue weighted by molar-refractivity contribution is 7.98. The lowest BCUT2D eigenvalue weighted by atomic mass is 9.87. The van der Waals surface area contributed by atoms with Crippen LogP contribution in [0.2, 0.25) is 0 Å². The summed E-state index contributed by atoms with van der Waals surface area (Å²) in [6.07, 6.45) is 1.93. The van der Waals surface area contributed by atoms with Crippen LogP contribution in [0.1, 0.15) is 36.7 Å². The van der Waals surface area contributed by atoms with E-state index in [2.05, 4.69) is 30.8 Å². The van der Waals surface area contributed by atoms with Crippen molar-refractivity contribution in [1.29, 1.82) is 0 Å². The topological polar surface area (TPSA) is 75.3 Å². The van der Waals surface area contributed by atoms with E-state index in [1.54, 1.807) is 72.4 Å². The minimum absolute atomic E-state index is 0.0101. The van der Waals surface area contributed by atoms with Gasteiger partial charge in [0.1, 0.15) is 0 Å². The zero-order valence-electron chi connectivity index (χ0n) is 18.0. The molecule has 2 N–H and O–H groups in total. The Balaban J connectivity index is 1.73. The zero-order chi connectivity index (χ0) is 22.6. The molecule has 0 aliphatic heterocycles. The maximum atomic E-state index is 12.7. The Bertz CT molecular complexity index is 1160. The van der Waals surface area contributed by atoms with Crippen molar-refractivity contribution in [2.24, 2.45) is 0 Å². The summed E-state index contributed by atoms with van der Waals surface area (Å²) in [7, 11) is -3.73. The standard InChI is InChI=1S/C24H26N2O3S2/c1-24(2,3)18-10-8-17(9-11-18)23(27)25-19-6-5-7-20(16-19)26-31(28,29)22-14-12-21(30-4)13-15-22/h5-16,26H,1-4H3,(H,25,27). The number of nitrogens with one attached hydrogen (secondary N) is 2. The third-order valence-electron chi connectivity index (χ3n) is 4.76. The van der Waals surface area contributed by atoms with Crippen molar-refractivity contribution in [1.82, 2.24) is 0 Å². The second-order valence-corrected chi connectivity index (χ2v) is 10.7. The van der Waals surface area contributed by atoms with E-state index in [1.807, 2.05) is 18.4 Å². The summed E-state index contributed by atoms with van der Waals surface area (Å²) in [6.45, 7) is 6.35. The maximum absolute atomic E-state index is 12.7. The number of thioether (sulfide) groups is 1. The van der Waals surface area contributed by atoms with Gasteiger partial charge in [0.2, 0.25) is 0 Å². The second-order valence-electron chi connectivity index (χ2n) is 8.14. The van der Waals surface area contributed by atoms with Gasteiger partial charge in [-0.1, -0.05) is 39.0 Å². The van der Waals surface area contributed by atoms with Crippen LogP contribution in [0.3, 0.4) is 0 Å². The third kappa shape index (κ3) is 5.89. The molecule has 3 rings (SSSR count). The largest absolute Gasteiger partial charge is 0.322 e. The van der Waals surface area contributed by atoms with Crippen molar-refractivity contribution in [3.8, 4) is 0 Å². The third-order valence-corrected chi connectivity index (χ3v) is 6.90. The summed E-state index contributed by atoms with van der Waals surface area (Å²) in [5.41, 5.74) is 2.56. The molecule has 0 spiro atoms. The lowest BCUT2D eigenvalue weighted by Gasteiger charge is -2.19. The van der Waals surface area contributed by atoms with Crippen molar-refractivity contribution < 1.29 is 13.2 Å². The number of hydrogen-bond donors (Lipinski definition) is 2. The van der Waals surface area contributed by atoms with Gasteiger partial charge in [0.05, 0.1) is 10.6 Å². The Morgan fingerprint density at radius 2 is 1.48 bits per heavy atom. The molecule has 31 heavy (non-hydrogen) atoms. The molecule has 1 amide bonds. The summed E-state index contributed by atoms with van der Waals surface area (Å²) in [4.78, 5) is 13.8. The highest BCUT2D eigenvalue weighted by Gasteiger charge is 2.16. The molecule has 0 saturated heterocycles. The zero-order valence-corrected chi connectivity index (χ0v) is 19.6. The lowest BCUT2D eigenvalue weighted by Crippen LogP contribution is -2.15. The van der Waals surface area contributed by atoms with Gasteiger partial charge >= 0.3 is 0 Å². The first-order valence-electron chi connectivity index (χ1n) is 9.77. The van der Waals surface area contributed by atoms with Crippen LogP contribution < -0.4 is 10.0 Å². The molecule has 0 saturated carbocycles. The molecule has 7 heteroatoms. The van der Waals surface area contributed by atoms with Crippen molar-refractivity contribution in [3.63, 3.8) is 0 Å². The molecule has 0 radical (unpaired) electrons. The monoisotopic (exact) mass is 454 g/mol. The fraction of sp³-hybridized carbons (Fsp3) is 0.208. The molecule has 0 aliphatic rings. The average Bonchev–Trinajstić information content (AvgIpc) is 2.73. The maximum Gasteiger partial charge on any atom is 0.261 e. The van der Waals surface area contributed by atoms with E-state index >= 15 is 0 Å². The van der Waals surface area contributed by atoms with Gasteiger partial charge in [-0.15, -0.1) is 11.8 Å². The van der Waals surface area contributed by atoms with Crippen LogP contribution in [0.5, 0.6) is 0 Å². The van der Waals surface area contributed by atoms with Crippen LogP contribution >= 0.6 is 11.8 Å². The minimum atomic E-state index is -3.73. The van der Waals surface area contributed by atoms with Crippen LogP contribution in [0.4, 0.5) is 11.4 Å². The van der Waals surface area contributed by atoms with E-state index < -0.39 is 10.0 Å². The quantitative estimate of drug-likeness (QED) is 0.465. The number of amides is 1. The first-order chi connectivity index (χ1) is 14.6. The first-order valence-corrected chi connectivity index (χ1v) is 12.5. The van der Waals surface area contributed by atoms with Crippen LogP contribution in [0.25, 0.3) is 0 Å². The number of anilines is 2. The highest BCUT2D eigenvalue weighted by Crippen LogP contribution is 2.24. The molecule has 0 unspecified atom stereocenters. The van der Waals surface area contributed by atoms with E-state index in [4.69, 9.17) is 0 Å². The number of carbonyl (C=O) groups excluding carboxylic acids is 1. The van der Waals surface area contributed by atoms with Crippen LogP contribution in [-0.4, -0.2) is 20.6 Å². The van der Waals surface area contributed by atoms with Gasteiger partial charge in [0.15, 0.2) is 0 Å². The molecule has 3 aromatic rings. The van der Waals surface area contributed by atoms with E-state index in [-0.39, 0.29) is 16.2 Å². The van der Waals surface area contributed by atoms with Gasteiger partial charge in [-0.3, -0.25) is 9.52 Å². The molecule has 0 heterocycles. The lowest BCUT2D eigenvalue weighted by molar-refractivity contribution is 0.102. The Morgan fingerprint density at radius 1 is 0.871 bits per heavy atom. The van der Waals surface area contributed by atoms with Gasteiger partial charge in [-0.25, -0.2) is 8.42 Å². The molecule has 0 atom stereocenters. The predicted octanol–water partition coefficient (Wildman–Crippen LogP) is 5.76. The van der Waals surface area contributed by atoms with Gasteiger partial charge < -0.3 is 5.32 Å². The van der Waals surface area contributed by atoms with E-state index in [0.717, 1.165) is 10.5 Å². The molecular weight excluding hydrogens is 428 g/mol. The van der Waals surface area contributed by atoms with Crippen molar-refractivity contribution in [3.05, 3.63) is 83.9 Å². The molecule has 0 bridgehead atoms. The molecule has 5 nitrogen and oxygen atoms in total. The normalized spacial score (nSPS) is 11.7. The molecular formula is C24H26N2O3S2. The minimum Gasteiger partial charge on any atom is -0.322 e. The van der Waals surface area contributed by atoms with Gasteiger partial charge in [-0.2, -0.15) is 0 Å². The fourth-order valence-electron chi connectivity index (χ4n) is 2.95.